The second-order valence-electron chi connectivity index (χ2n) is 6.68. The number of anilines is 3. The topological polar surface area (TPSA) is 111 Å². The number of hydrogen-bond acceptors (Lipinski definition) is 5. The molecular weight excluding hydrogens is 384 g/mol. The Morgan fingerprint density at radius 2 is 1.83 bits per heavy atom. The second-order valence-corrected chi connectivity index (χ2v) is 6.68. The summed E-state index contributed by atoms with van der Waals surface area (Å²) in [6.45, 7) is 3.43. The average molecular weight is 406 g/mol. The van der Waals surface area contributed by atoms with Crippen LogP contribution in [0.2, 0.25) is 0 Å². The third-order valence-electron chi connectivity index (χ3n) is 4.48. The third-order valence-corrected chi connectivity index (χ3v) is 4.48. The molecule has 0 radical (unpaired) electrons. The molecule has 1 aliphatic heterocycles. The first-order valence-electron chi connectivity index (χ1n) is 9.45. The normalized spacial score (nSPS) is 14.6. The highest BCUT2D eigenvalue weighted by molar-refractivity contribution is 6.32. The SMILES string of the molecule is CCc1ccccc1NC=C1C(=O)N(c2ccc(NC(C)=O)cc2)N=C1CC(=O)O. The van der Waals surface area contributed by atoms with Gasteiger partial charge in [0.15, 0.2) is 0 Å². The first-order valence-corrected chi connectivity index (χ1v) is 9.45. The third kappa shape index (κ3) is 4.72. The maximum Gasteiger partial charge on any atom is 0.309 e. The fraction of sp³-hybridized carbons (Fsp3) is 0.182. The standard InChI is InChI=1S/C22H22N4O4/c1-3-15-6-4-5-7-19(15)23-13-18-20(12-21(28)29)25-26(22(18)30)17-10-8-16(9-11-17)24-14(2)27/h4-11,13,23H,3,12H2,1-2H3,(H,24,27)(H,28,29). The van der Waals surface area contributed by atoms with Gasteiger partial charge in [-0.05, 0) is 42.3 Å². The van der Waals surface area contributed by atoms with E-state index < -0.39 is 11.9 Å². The molecule has 8 heteroatoms. The molecular formula is C22H22N4O4. The summed E-state index contributed by atoms with van der Waals surface area (Å²) < 4.78 is 0. The van der Waals surface area contributed by atoms with Gasteiger partial charge in [-0.2, -0.15) is 10.1 Å². The second kappa shape index (κ2) is 9.04. The van der Waals surface area contributed by atoms with E-state index in [2.05, 4.69) is 15.7 Å². The lowest BCUT2D eigenvalue weighted by Crippen LogP contribution is -2.22. The van der Waals surface area contributed by atoms with Crippen molar-refractivity contribution in [3.63, 3.8) is 0 Å². The van der Waals surface area contributed by atoms with E-state index in [0.717, 1.165) is 22.7 Å². The van der Waals surface area contributed by atoms with Crippen LogP contribution in [0.3, 0.4) is 0 Å². The number of hydrazone groups is 1. The van der Waals surface area contributed by atoms with E-state index in [1.54, 1.807) is 24.3 Å². The van der Waals surface area contributed by atoms with Crippen molar-refractivity contribution in [2.75, 3.05) is 15.6 Å². The van der Waals surface area contributed by atoms with Crippen LogP contribution < -0.4 is 15.6 Å². The number of carbonyl (C=O) groups excluding carboxylic acids is 2. The van der Waals surface area contributed by atoms with E-state index in [0.29, 0.717) is 11.4 Å². The van der Waals surface area contributed by atoms with Crippen molar-refractivity contribution in [2.24, 2.45) is 5.10 Å². The molecule has 0 saturated carbocycles. The number of nitrogens with zero attached hydrogens (tertiary/aromatic N) is 2. The van der Waals surface area contributed by atoms with Gasteiger partial charge in [-0.25, -0.2) is 0 Å². The van der Waals surface area contributed by atoms with Gasteiger partial charge >= 0.3 is 5.97 Å². The van der Waals surface area contributed by atoms with Gasteiger partial charge in [0.05, 0.1) is 23.4 Å². The van der Waals surface area contributed by atoms with Gasteiger partial charge < -0.3 is 15.7 Å². The lowest BCUT2D eigenvalue weighted by molar-refractivity contribution is -0.135. The van der Waals surface area contributed by atoms with Crippen LogP contribution in [0.5, 0.6) is 0 Å². The highest BCUT2D eigenvalue weighted by Crippen LogP contribution is 2.26. The Balaban J connectivity index is 1.88. The van der Waals surface area contributed by atoms with Crippen LogP contribution in [0, 0.1) is 0 Å². The summed E-state index contributed by atoms with van der Waals surface area (Å²) in [6.07, 6.45) is 1.93. The predicted molar refractivity (Wildman–Crippen MR) is 115 cm³/mol. The van der Waals surface area contributed by atoms with Crippen molar-refractivity contribution in [1.82, 2.24) is 0 Å². The molecule has 3 N–H and O–H groups in total. The lowest BCUT2D eigenvalue weighted by Gasteiger charge is -2.13. The summed E-state index contributed by atoms with van der Waals surface area (Å²) in [7, 11) is 0. The number of carboxylic acid groups (broad SMARTS) is 1. The van der Waals surface area contributed by atoms with E-state index >= 15 is 0 Å². The van der Waals surface area contributed by atoms with Crippen LogP contribution in [0.15, 0.2) is 65.4 Å². The lowest BCUT2D eigenvalue weighted by atomic mass is 10.1. The smallest absolute Gasteiger partial charge is 0.309 e. The van der Waals surface area contributed by atoms with Crippen molar-refractivity contribution in [2.45, 2.75) is 26.7 Å². The molecule has 0 fully saturated rings. The van der Waals surface area contributed by atoms with E-state index in [4.69, 9.17) is 0 Å². The van der Waals surface area contributed by atoms with Gasteiger partial charge in [0.1, 0.15) is 0 Å². The number of carbonyl (C=O) groups is 3. The number of nitrogens with one attached hydrogen (secondary N) is 2. The van der Waals surface area contributed by atoms with E-state index in [-0.39, 0.29) is 23.6 Å². The molecule has 2 amide bonds. The number of aliphatic carboxylic acids is 1. The Labute approximate surface area is 173 Å². The average Bonchev–Trinajstić information content (AvgIpc) is 3.01. The van der Waals surface area contributed by atoms with Gasteiger partial charge in [0, 0.05) is 24.5 Å². The number of aryl methyl sites for hydroxylation is 1. The van der Waals surface area contributed by atoms with Crippen molar-refractivity contribution < 1.29 is 19.5 Å². The maximum atomic E-state index is 13.0. The Kier molecular flexibility index (Phi) is 6.26. The zero-order chi connectivity index (χ0) is 21.7. The van der Waals surface area contributed by atoms with E-state index in [1.807, 2.05) is 31.2 Å². The molecule has 3 rings (SSSR count). The van der Waals surface area contributed by atoms with Crippen LogP contribution in [-0.2, 0) is 20.8 Å². The molecule has 154 valence electrons. The molecule has 0 bridgehead atoms. The molecule has 1 heterocycles. The van der Waals surface area contributed by atoms with Crippen LogP contribution in [0.25, 0.3) is 0 Å². The van der Waals surface area contributed by atoms with Gasteiger partial charge in [-0.3, -0.25) is 14.4 Å². The van der Waals surface area contributed by atoms with Gasteiger partial charge in [-0.15, -0.1) is 0 Å². The fourth-order valence-electron chi connectivity index (χ4n) is 3.06. The quantitative estimate of drug-likeness (QED) is 0.611. The zero-order valence-electron chi connectivity index (χ0n) is 16.7. The molecule has 30 heavy (non-hydrogen) atoms. The number of carboxylic acids is 1. The monoisotopic (exact) mass is 406 g/mol. The minimum Gasteiger partial charge on any atom is -0.481 e. The Morgan fingerprint density at radius 3 is 2.47 bits per heavy atom. The zero-order valence-corrected chi connectivity index (χ0v) is 16.7. The molecule has 0 atom stereocenters. The minimum atomic E-state index is -1.08. The summed E-state index contributed by atoms with van der Waals surface area (Å²) in [5.41, 5.74) is 3.32. The molecule has 1 aliphatic rings. The first-order chi connectivity index (χ1) is 14.4. The Bertz CT molecular complexity index is 1040. The number of hydrogen-bond donors (Lipinski definition) is 3. The molecule has 2 aromatic rings. The Morgan fingerprint density at radius 1 is 1.13 bits per heavy atom. The Hall–Kier alpha value is -3.94. The van der Waals surface area contributed by atoms with Crippen molar-refractivity contribution in [1.29, 1.82) is 0 Å². The van der Waals surface area contributed by atoms with E-state index in [1.165, 1.54) is 13.1 Å². The molecule has 0 unspecified atom stereocenters. The summed E-state index contributed by atoms with van der Waals surface area (Å²) in [5, 5.41) is 20.4. The maximum absolute atomic E-state index is 13.0. The van der Waals surface area contributed by atoms with Crippen molar-refractivity contribution >= 4 is 40.6 Å². The highest BCUT2D eigenvalue weighted by atomic mass is 16.4. The molecule has 0 aromatic heterocycles. The molecule has 0 aliphatic carbocycles. The summed E-state index contributed by atoms with van der Waals surface area (Å²) in [6, 6.07) is 14.2. The number of para-hydroxylation sites is 1. The highest BCUT2D eigenvalue weighted by Gasteiger charge is 2.32. The largest absolute Gasteiger partial charge is 0.481 e. The van der Waals surface area contributed by atoms with Gasteiger partial charge in [0.25, 0.3) is 5.91 Å². The van der Waals surface area contributed by atoms with Crippen LogP contribution >= 0.6 is 0 Å². The minimum absolute atomic E-state index is 0.167. The molecule has 0 spiro atoms. The van der Waals surface area contributed by atoms with Gasteiger partial charge in [0.2, 0.25) is 5.91 Å². The number of amides is 2. The predicted octanol–water partition coefficient (Wildman–Crippen LogP) is 3.38. The first kappa shape index (κ1) is 20.8. The van der Waals surface area contributed by atoms with Crippen molar-refractivity contribution in [3.05, 3.63) is 65.9 Å². The summed E-state index contributed by atoms with van der Waals surface area (Å²) >= 11 is 0. The van der Waals surface area contributed by atoms with Crippen LogP contribution in [0.4, 0.5) is 17.1 Å². The van der Waals surface area contributed by atoms with Crippen LogP contribution in [-0.4, -0.2) is 28.6 Å². The van der Waals surface area contributed by atoms with Gasteiger partial charge in [-0.1, -0.05) is 25.1 Å². The molecule has 8 nitrogen and oxygen atoms in total. The number of benzene rings is 2. The summed E-state index contributed by atoms with van der Waals surface area (Å²) in [4.78, 5) is 35.4. The van der Waals surface area contributed by atoms with Crippen LogP contribution in [0.1, 0.15) is 25.8 Å². The fourth-order valence-corrected chi connectivity index (χ4v) is 3.06. The summed E-state index contributed by atoms with van der Waals surface area (Å²) in [5.74, 6) is -1.71. The van der Waals surface area contributed by atoms with E-state index in [9.17, 15) is 19.5 Å². The van der Waals surface area contributed by atoms with Crippen molar-refractivity contribution in [3.8, 4) is 0 Å². The number of rotatable bonds is 7. The molecule has 0 saturated heterocycles. The molecule has 2 aromatic carbocycles.